The minimum Gasteiger partial charge on any atom is -0.408 e. The van der Waals surface area contributed by atoms with Crippen molar-refractivity contribution in [2.24, 2.45) is 5.92 Å². The Morgan fingerprint density at radius 3 is 2.96 bits per heavy atom. The molecule has 1 saturated heterocycles. The Kier molecular flexibility index (Phi) is 5.35. The highest BCUT2D eigenvalue weighted by Gasteiger charge is 2.21. The van der Waals surface area contributed by atoms with E-state index in [0.717, 1.165) is 31.7 Å². The molecule has 0 bridgehead atoms. The molecule has 1 fully saturated rings. The first-order valence-electron chi connectivity index (χ1n) is 8.63. The van der Waals surface area contributed by atoms with Crippen molar-refractivity contribution in [3.8, 4) is 0 Å². The van der Waals surface area contributed by atoms with Crippen LogP contribution in [-0.2, 0) is 16.1 Å². The van der Waals surface area contributed by atoms with Gasteiger partial charge in [-0.1, -0.05) is 12.1 Å². The summed E-state index contributed by atoms with van der Waals surface area (Å²) >= 11 is 0. The molecule has 0 radical (unpaired) electrons. The molecule has 6 heteroatoms. The molecule has 1 aliphatic heterocycles. The SMILES string of the molecule is CCN(C[C@H]1CCOC1)C(=O)CCCn1c(=O)oc2ccccc21. The second-order valence-corrected chi connectivity index (χ2v) is 6.25. The van der Waals surface area contributed by atoms with Gasteiger partial charge in [0.15, 0.2) is 5.58 Å². The van der Waals surface area contributed by atoms with E-state index in [1.54, 1.807) is 10.6 Å². The van der Waals surface area contributed by atoms with Crippen LogP contribution in [0.2, 0.25) is 0 Å². The second kappa shape index (κ2) is 7.66. The number of benzene rings is 1. The first-order chi connectivity index (χ1) is 11.7. The highest BCUT2D eigenvalue weighted by atomic mass is 16.5. The van der Waals surface area contributed by atoms with E-state index in [1.807, 2.05) is 30.0 Å². The summed E-state index contributed by atoms with van der Waals surface area (Å²) in [5.74, 6) is 0.235. The summed E-state index contributed by atoms with van der Waals surface area (Å²) in [5.41, 5.74) is 1.37. The highest BCUT2D eigenvalue weighted by molar-refractivity contribution is 5.76. The minimum atomic E-state index is -0.362. The predicted molar refractivity (Wildman–Crippen MR) is 90.9 cm³/mol. The number of hydrogen-bond donors (Lipinski definition) is 0. The van der Waals surface area contributed by atoms with Crippen molar-refractivity contribution < 1.29 is 13.9 Å². The Bertz CT molecular complexity index is 743. The van der Waals surface area contributed by atoms with Gasteiger partial charge in [0, 0.05) is 38.6 Å². The van der Waals surface area contributed by atoms with Crippen molar-refractivity contribution in [3.63, 3.8) is 0 Å². The van der Waals surface area contributed by atoms with Crippen LogP contribution in [-0.4, -0.2) is 41.7 Å². The fourth-order valence-electron chi connectivity index (χ4n) is 3.22. The van der Waals surface area contributed by atoms with E-state index < -0.39 is 0 Å². The quantitative estimate of drug-likeness (QED) is 0.780. The van der Waals surface area contributed by atoms with Gasteiger partial charge in [0.1, 0.15) is 0 Å². The molecular formula is C18H24N2O4. The van der Waals surface area contributed by atoms with Crippen molar-refractivity contribution in [3.05, 3.63) is 34.8 Å². The van der Waals surface area contributed by atoms with Crippen molar-refractivity contribution in [1.29, 1.82) is 0 Å². The van der Waals surface area contributed by atoms with Crippen LogP contribution in [0, 0.1) is 5.92 Å². The molecule has 2 aromatic rings. The van der Waals surface area contributed by atoms with Crippen LogP contribution >= 0.6 is 0 Å². The van der Waals surface area contributed by atoms with Crippen LogP contribution in [0.15, 0.2) is 33.5 Å². The van der Waals surface area contributed by atoms with Crippen LogP contribution in [0.25, 0.3) is 11.1 Å². The van der Waals surface area contributed by atoms with E-state index in [9.17, 15) is 9.59 Å². The van der Waals surface area contributed by atoms with Crippen LogP contribution in [0.5, 0.6) is 0 Å². The third-order valence-electron chi connectivity index (χ3n) is 4.58. The zero-order valence-electron chi connectivity index (χ0n) is 14.1. The summed E-state index contributed by atoms with van der Waals surface area (Å²) in [5, 5.41) is 0. The second-order valence-electron chi connectivity index (χ2n) is 6.25. The smallest absolute Gasteiger partial charge is 0.408 e. The van der Waals surface area contributed by atoms with Gasteiger partial charge in [-0.2, -0.15) is 0 Å². The van der Waals surface area contributed by atoms with Crippen molar-refractivity contribution in [2.45, 2.75) is 32.7 Å². The fourth-order valence-corrected chi connectivity index (χ4v) is 3.22. The summed E-state index contributed by atoms with van der Waals surface area (Å²) in [4.78, 5) is 26.2. The Morgan fingerprint density at radius 1 is 1.38 bits per heavy atom. The van der Waals surface area contributed by atoms with Gasteiger partial charge in [-0.05, 0) is 31.9 Å². The van der Waals surface area contributed by atoms with Gasteiger partial charge < -0.3 is 14.1 Å². The zero-order valence-corrected chi connectivity index (χ0v) is 14.1. The maximum atomic E-state index is 12.4. The molecule has 0 saturated carbocycles. The number of ether oxygens (including phenoxy) is 1. The van der Waals surface area contributed by atoms with E-state index in [-0.39, 0.29) is 11.7 Å². The standard InChI is InChI=1S/C18H24N2O4/c1-2-19(12-14-9-11-23-13-14)17(21)8-5-10-20-15-6-3-4-7-16(15)24-18(20)22/h3-4,6-7,14H,2,5,8-13H2,1H3/t14-/m1/s1. The lowest BCUT2D eigenvalue weighted by molar-refractivity contribution is -0.131. The molecule has 0 unspecified atom stereocenters. The summed E-state index contributed by atoms with van der Waals surface area (Å²) in [6.45, 7) is 5.52. The monoisotopic (exact) mass is 332 g/mol. The molecule has 1 amide bonds. The Hall–Kier alpha value is -2.08. The molecule has 2 heterocycles. The predicted octanol–water partition coefficient (Wildman–Crippen LogP) is 2.26. The normalized spacial score (nSPS) is 17.5. The number of carbonyl (C=O) groups is 1. The lowest BCUT2D eigenvalue weighted by Gasteiger charge is -2.23. The van der Waals surface area contributed by atoms with Gasteiger partial charge >= 0.3 is 5.76 Å². The zero-order chi connectivity index (χ0) is 16.9. The molecule has 6 nitrogen and oxygen atoms in total. The molecule has 0 N–H and O–H groups in total. The van der Waals surface area contributed by atoms with E-state index >= 15 is 0 Å². The van der Waals surface area contributed by atoms with E-state index in [2.05, 4.69) is 0 Å². The third-order valence-corrected chi connectivity index (χ3v) is 4.58. The van der Waals surface area contributed by atoms with E-state index in [1.165, 1.54) is 0 Å². The lowest BCUT2D eigenvalue weighted by atomic mass is 10.1. The number of nitrogens with zero attached hydrogens (tertiary/aromatic N) is 2. The Morgan fingerprint density at radius 2 is 2.21 bits per heavy atom. The van der Waals surface area contributed by atoms with Crippen molar-refractivity contribution in [2.75, 3.05) is 26.3 Å². The van der Waals surface area contributed by atoms with Crippen LogP contribution < -0.4 is 5.76 Å². The number of oxazole rings is 1. The number of carbonyl (C=O) groups excluding carboxylic acids is 1. The average Bonchev–Trinajstić information content (AvgIpc) is 3.20. The molecule has 1 aromatic carbocycles. The molecule has 1 aliphatic rings. The molecule has 1 atom stereocenters. The number of rotatable bonds is 7. The molecule has 3 rings (SSSR count). The van der Waals surface area contributed by atoms with Gasteiger partial charge in [-0.15, -0.1) is 0 Å². The Balaban J connectivity index is 1.55. The summed E-state index contributed by atoms with van der Waals surface area (Å²) in [6.07, 6.45) is 2.09. The number of amides is 1. The fraction of sp³-hybridized carbons (Fsp3) is 0.556. The first-order valence-corrected chi connectivity index (χ1v) is 8.63. The van der Waals surface area contributed by atoms with Gasteiger partial charge in [-0.3, -0.25) is 9.36 Å². The van der Waals surface area contributed by atoms with Gasteiger partial charge in [-0.25, -0.2) is 4.79 Å². The van der Waals surface area contributed by atoms with E-state index in [4.69, 9.17) is 9.15 Å². The molecule has 0 aliphatic carbocycles. The average molecular weight is 332 g/mol. The molecule has 24 heavy (non-hydrogen) atoms. The number of aromatic nitrogens is 1. The summed E-state index contributed by atoms with van der Waals surface area (Å²) in [7, 11) is 0. The molecule has 1 aromatic heterocycles. The first kappa shape index (κ1) is 16.8. The number of para-hydroxylation sites is 2. The topological polar surface area (TPSA) is 64.7 Å². The summed E-state index contributed by atoms with van der Waals surface area (Å²) < 4.78 is 12.2. The molecular weight excluding hydrogens is 308 g/mol. The maximum absolute atomic E-state index is 12.4. The van der Waals surface area contributed by atoms with Crippen LogP contribution in [0.1, 0.15) is 26.2 Å². The van der Waals surface area contributed by atoms with Gasteiger partial charge in [0.05, 0.1) is 12.1 Å². The minimum absolute atomic E-state index is 0.144. The number of aryl methyl sites for hydroxylation is 1. The summed E-state index contributed by atoms with van der Waals surface area (Å²) in [6, 6.07) is 7.35. The van der Waals surface area contributed by atoms with Gasteiger partial charge in [0.25, 0.3) is 0 Å². The molecule has 0 spiro atoms. The maximum Gasteiger partial charge on any atom is 0.419 e. The lowest BCUT2D eigenvalue weighted by Crippen LogP contribution is -2.35. The van der Waals surface area contributed by atoms with Crippen molar-refractivity contribution >= 4 is 17.0 Å². The Labute approximate surface area is 141 Å². The highest BCUT2D eigenvalue weighted by Crippen LogP contribution is 2.15. The van der Waals surface area contributed by atoms with Crippen LogP contribution in [0.3, 0.4) is 0 Å². The third kappa shape index (κ3) is 3.70. The van der Waals surface area contributed by atoms with Crippen molar-refractivity contribution in [1.82, 2.24) is 9.47 Å². The van der Waals surface area contributed by atoms with E-state index in [0.29, 0.717) is 37.4 Å². The number of fused-ring (bicyclic) bond motifs is 1. The van der Waals surface area contributed by atoms with Gasteiger partial charge in [0.2, 0.25) is 5.91 Å². The number of hydrogen-bond acceptors (Lipinski definition) is 4. The largest absolute Gasteiger partial charge is 0.419 e. The van der Waals surface area contributed by atoms with Crippen LogP contribution in [0.4, 0.5) is 0 Å². The molecule has 130 valence electrons.